The molecule has 1 saturated heterocycles. The lowest BCUT2D eigenvalue weighted by Gasteiger charge is -2.25. The molecule has 1 aromatic rings. The molecule has 0 aliphatic carbocycles. The van der Waals surface area contributed by atoms with Gasteiger partial charge in [-0.2, -0.15) is 0 Å². The fourth-order valence-electron chi connectivity index (χ4n) is 2.53. The molecular weight excluding hydrogens is 264 g/mol. The molecule has 0 bridgehead atoms. The van der Waals surface area contributed by atoms with Crippen molar-refractivity contribution in [1.82, 2.24) is 10.2 Å². The van der Waals surface area contributed by atoms with Crippen LogP contribution in [0.25, 0.3) is 0 Å². The number of amides is 1. The second-order valence-electron chi connectivity index (χ2n) is 5.89. The van der Waals surface area contributed by atoms with Crippen molar-refractivity contribution in [1.29, 1.82) is 0 Å². The highest BCUT2D eigenvalue weighted by Gasteiger charge is 2.19. The number of ether oxygens (including phenoxy) is 1. The Morgan fingerprint density at radius 2 is 2.19 bits per heavy atom. The summed E-state index contributed by atoms with van der Waals surface area (Å²) in [4.78, 5) is 14.1. The van der Waals surface area contributed by atoms with Crippen molar-refractivity contribution in [2.45, 2.75) is 44.9 Å². The highest BCUT2D eigenvalue weighted by atomic mass is 16.5. The van der Waals surface area contributed by atoms with E-state index in [1.54, 1.807) is 0 Å². The van der Waals surface area contributed by atoms with Gasteiger partial charge in [0.25, 0.3) is 0 Å². The SMILES string of the molecule is C[C@H](CNC(=O)C[C@H]1CCCO1)N(C)Cc1ccccc1. The summed E-state index contributed by atoms with van der Waals surface area (Å²) in [5, 5.41) is 3.02. The van der Waals surface area contributed by atoms with Crippen molar-refractivity contribution in [2.24, 2.45) is 0 Å². The second kappa shape index (κ2) is 8.15. The van der Waals surface area contributed by atoms with Gasteiger partial charge in [0.2, 0.25) is 5.91 Å². The summed E-state index contributed by atoms with van der Waals surface area (Å²) in [5.41, 5.74) is 1.29. The number of nitrogens with one attached hydrogen (secondary N) is 1. The highest BCUT2D eigenvalue weighted by molar-refractivity contribution is 5.76. The number of carbonyl (C=O) groups excluding carboxylic acids is 1. The van der Waals surface area contributed by atoms with Crippen LogP contribution in [0.3, 0.4) is 0 Å². The van der Waals surface area contributed by atoms with E-state index in [1.807, 2.05) is 6.07 Å². The van der Waals surface area contributed by atoms with Crippen LogP contribution in [0, 0.1) is 0 Å². The Hall–Kier alpha value is -1.39. The Kier molecular flexibility index (Phi) is 6.21. The van der Waals surface area contributed by atoms with Gasteiger partial charge in [0.1, 0.15) is 0 Å². The van der Waals surface area contributed by atoms with Crippen molar-refractivity contribution in [2.75, 3.05) is 20.2 Å². The van der Waals surface area contributed by atoms with Gasteiger partial charge in [-0.1, -0.05) is 30.3 Å². The minimum absolute atomic E-state index is 0.0989. The van der Waals surface area contributed by atoms with Crippen LogP contribution in [0.2, 0.25) is 0 Å². The molecule has 4 heteroatoms. The van der Waals surface area contributed by atoms with Gasteiger partial charge in [-0.3, -0.25) is 9.69 Å². The highest BCUT2D eigenvalue weighted by Crippen LogP contribution is 2.14. The number of likely N-dealkylation sites (N-methyl/N-ethyl adjacent to an activating group) is 1. The molecule has 2 atom stereocenters. The first kappa shape index (κ1) is 16.0. The van der Waals surface area contributed by atoms with Crippen LogP contribution in [0.15, 0.2) is 30.3 Å². The zero-order valence-corrected chi connectivity index (χ0v) is 13.0. The van der Waals surface area contributed by atoms with Crippen LogP contribution < -0.4 is 5.32 Å². The number of carbonyl (C=O) groups is 1. The second-order valence-corrected chi connectivity index (χ2v) is 5.89. The molecule has 1 fully saturated rings. The van der Waals surface area contributed by atoms with Gasteiger partial charge in [0.05, 0.1) is 12.5 Å². The maximum absolute atomic E-state index is 11.9. The minimum Gasteiger partial charge on any atom is -0.378 e. The van der Waals surface area contributed by atoms with E-state index in [2.05, 4.69) is 48.5 Å². The van der Waals surface area contributed by atoms with Crippen molar-refractivity contribution >= 4 is 5.91 Å². The molecule has 0 unspecified atom stereocenters. The van der Waals surface area contributed by atoms with E-state index >= 15 is 0 Å². The predicted molar refractivity (Wildman–Crippen MR) is 84.0 cm³/mol. The maximum Gasteiger partial charge on any atom is 0.222 e. The molecule has 1 aliphatic rings. The molecule has 2 rings (SSSR count). The first-order valence-corrected chi connectivity index (χ1v) is 7.77. The Morgan fingerprint density at radius 1 is 1.43 bits per heavy atom. The summed E-state index contributed by atoms with van der Waals surface area (Å²) >= 11 is 0. The summed E-state index contributed by atoms with van der Waals surface area (Å²) in [6, 6.07) is 10.7. The van der Waals surface area contributed by atoms with Crippen LogP contribution in [0.5, 0.6) is 0 Å². The van der Waals surface area contributed by atoms with E-state index in [4.69, 9.17) is 4.74 Å². The number of rotatable bonds is 7. The molecule has 1 aliphatic heterocycles. The summed E-state index contributed by atoms with van der Waals surface area (Å²) in [5.74, 6) is 0.0989. The molecule has 1 N–H and O–H groups in total. The number of hydrogen-bond donors (Lipinski definition) is 1. The zero-order valence-electron chi connectivity index (χ0n) is 13.0. The standard InChI is InChI=1S/C17H26N2O2/c1-14(19(2)13-15-7-4-3-5-8-15)12-18-17(20)11-16-9-6-10-21-16/h3-5,7-8,14,16H,6,9-13H2,1-2H3,(H,18,20)/t14-,16-/m1/s1. The summed E-state index contributed by atoms with van der Waals surface area (Å²) in [7, 11) is 2.09. The molecule has 1 aromatic carbocycles. The quantitative estimate of drug-likeness (QED) is 0.837. The van der Waals surface area contributed by atoms with Crippen molar-refractivity contribution in [3.8, 4) is 0 Å². The summed E-state index contributed by atoms with van der Waals surface area (Å²) in [6.07, 6.45) is 2.71. The summed E-state index contributed by atoms with van der Waals surface area (Å²) < 4.78 is 5.49. The van der Waals surface area contributed by atoms with Gasteiger partial charge < -0.3 is 10.1 Å². The molecule has 0 radical (unpaired) electrons. The molecule has 116 valence electrons. The Balaban J connectivity index is 1.68. The van der Waals surface area contributed by atoms with Crippen molar-refractivity contribution in [3.05, 3.63) is 35.9 Å². The summed E-state index contributed by atoms with van der Waals surface area (Å²) in [6.45, 7) is 4.50. The first-order chi connectivity index (χ1) is 10.1. The molecule has 0 saturated carbocycles. The van der Waals surface area contributed by atoms with Gasteiger partial charge in [0, 0.05) is 25.7 Å². The largest absolute Gasteiger partial charge is 0.378 e. The Labute approximate surface area is 127 Å². The third-order valence-electron chi connectivity index (χ3n) is 4.06. The molecule has 21 heavy (non-hydrogen) atoms. The zero-order chi connectivity index (χ0) is 15.1. The molecule has 4 nitrogen and oxygen atoms in total. The van der Waals surface area contributed by atoms with Crippen LogP contribution in [-0.4, -0.2) is 43.2 Å². The van der Waals surface area contributed by atoms with Gasteiger partial charge in [-0.15, -0.1) is 0 Å². The number of benzene rings is 1. The lowest BCUT2D eigenvalue weighted by molar-refractivity contribution is -0.123. The van der Waals surface area contributed by atoms with Gasteiger partial charge in [-0.05, 0) is 32.4 Å². The molecule has 1 amide bonds. The van der Waals surface area contributed by atoms with Gasteiger partial charge in [0.15, 0.2) is 0 Å². The van der Waals surface area contributed by atoms with E-state index < -0.39 is 0 Å². The average Bonchev–Trinajstić information content (AvgIpc) is 2.98. The lowest BCUT2D eigenvalue weighted by Crippen LogP contribution is -2.40. The topological polar surface area (TPSA) is 41.6 Å². The monoisotopic (exact) mass is 290 g/mol. The number of hydrogen-bond acceptors (Lipinski definition) is 3. The molecular formula is C17H26N2O2. The van der Waals surface area contributed by atoms with Crippen molar-refractivity contribution < 1.29 is 9.53 Å². The van der Waals surface area contributed by atoms with E-state index in [0.29, 0.717) is 19.0 Å². The predicted octanol–water partition coefficient (Wildman–Crippen LogP) is 2.19. The van der Waals surface area contributed by atoms with Gasteiger partial charge in [-0.25, -0.2) is 0 Å². The Bertz CT molecular complexity index is 430. The smallest absolute Gasteiger partial charge is 0.222 e. The fourth-order valence-corrected chi connectivity index (χ4v) is 2.53. The first-order valence-electron chi connectivity index (χ1n) is 7.77. The third kappa shape index (κ3) is 5.48. The molecule has 0 spiro atoms. The number of nitrogens with zero attached hydrogens (tertiary/aromatic N) is 1. The molecule has 0 aromatic heterocycles. The normalized spacial score (nSPS) is 19.7. The average molecular weight is 290 g/mol. The van der Waals surface area contributed by atoms with Crippen LogP contribution in [0.4, 0.5) is 0 Å². The lowest BCUT2D eigenvalue weighted by atomic mass is 10.1. The van der Waals surface area contributed by atoms with E-state index in [0.717, 1.165) is 26.0 Å². The van der Waals surface area contributed by atoms with Gasteiger partial charge >= 0.3 is 0 Å². The third-order valence-corrected chi connectivity index (χ3v) is 4.06. The van der Waals surface area contributed by atoms with E-state index in [1.165, 1.54) is 5.56 Å². The van der Waals surface area contributed by atoms with Crippen LogP contribution in [-0.2, 0) is 16.1 Å². The minimum atomic E-state index is 0.0989. The Morgan fingerprint density at radius 3 is 2.86 bits per heavy atom. The van der Waals surface area contributed by atoms with Crippen molar-refractivity contribution in [3.63, 3.8) is 0 Å². The van der Waals surface area contributed by atoms with Crippen LogP contribution in [0.1, 0.15) is 31.7 Å². The van der Waals surface area contributed by atoms with E-state index in [-0.39, 0.29) is 12.0 Å². The maximum atomic E-state index is 11.9. The fraction of sp³-hybridized carbons (Fsp3) is 0.588. The van der Waals surface area contributed by atoms with E-state index in [9.17, 15) is 4.79 Å². The van der Waals surface area contributed by atoms with Crippen LogP contribution >= 0.6 is 0 Å². The molecule has 1 heterocycles.